The van der Waals surface area contributed by atoms with Crippen molar-refractivity contribution >= 4 is 33.5 Å². The molecule has 0 fully saturated rings. The van der Waals surface area contributed by atoms with Crippen LogP contribution in [-0.4, -0.2) is 34.7 Å². The molecular formula is C20H26N2O5S. The van der Waals surface area contributed by atoms with Gasteiger partial charge in [0.2, 0.25) is 0 Å². The van der Waals surface area contributed by atoms with Crippen LogP contribution in [-0.2, 0) is 32.0 Å². The molecule has 0 N–H and O–H groups in total. The van der Waals surface area contributed by atoms with E-state index < -0.39 is 11.9 Å². The number of aryl methyl sites for hydroxylation is 2. The summed E-state index contributed by atoms with van der Waals surface area (Å²) < 4.78 is 11.8. The molecule has 0 aliphatic heterocycles. The lowest BCUT2D eigenvalue weighted by Crippen LogP contribution is -2.29. The number of unbranched alkanes of at least 4 members (excludes halogenated alkanes) is 1. The van der Waals surface area contributed by atoms with E-state index in [1.165, 1.54) is 15.9 Å². The summed E-state index contributed by atoms with van der Waals surface area (Å²) in [6, 6.07) is 0. The summed E-state index contributed by atoms with van der Waals surface area (Å²) in [6.45, 7) is 5.97. The SMILES string of the molecule is CCCCOC(=O)Cn1c(C)nc2sc3c(c2c1=O)C(C(=O)OCC)CCC3. The molecule has 28 heavy (non-hydrogen) atoms. The van der Waals surface area contributed by atoms with Gasteiger partial charge in [-0.15, -0.1) is 11.3 Å². The number of aromatic nitrogens is 2. The van der Waals surface area contributed by atoms with Crippen molar-refractivity contribution < 1.29 is 19.1 Å². The largest absolute Gasteiger partial charge is 0.466 e. The van der Waals surface area contributed by atoms with Gasteiger partial charge in [-0.05, 0) is 45.1 Å². The maximum atomic E-state index is 13.2. The molecule has 1 aliphatic carbocycles. The van der Waals surface area contributed by atoms with E-state index in [2.05, 4.69) is 4.98 Å². The number of hydrogen-bond acceptors (Lipinski definition) is 7. The predicted octanol–water partition coefficient (Wildman–Crippen LogP) is 3.09. The van der Waals surface area contributed by atoms with E-state index in [0.29, 0.717) is 35.7 Å². The molecule has 8 heteroatoms. The van der Waals surface area contributed by atoms with Crippen LogP contribution in [0.1, 0.15) is 61.7 Å². The number of thiophene rings is 1. The number of nitrogens with zero attached hydrogens (tertiary/aromatic N) is 2. The van der Waals surface area contributed by atoms with Crippen molar-refractivity contribution in [1.82, 2.24) is 9.55 Å². The van der Waals surface area contributed by atoms with E-state index in [-0.39, 0.29) is 18.1 Å². The van der Waals surface area contributed by atoms with Gasteiger partial charge >= 0.3 is 11.9 Å². The van der Waals surface area contributed by atoms with Crippen LogP contribution in [0.3, 0.4) is 0 Å². The molecule has 0 amide bonds. The number of hydrogen-bond donors (Lipinski definition) is 0. The highest BCUT2D eigenvalue weighted by Crippen LogP contribution is 2.41. The Labute approximate surface area is 167 Å². The molecule has 7 nitrogen and oxygen atoms in total. The Kier molecular flexibility index (Phi) is 6.49. The number of esters is 2. The highest BCUT2D eigenvalue weighted by atomic mass is 32.1. The molecule has 0 saturated carbocycles. The van der Waals surface area contributed by atoms with Crippen molar-refractivity contribution in [3.63, 3.8) is 0 Å². The van der Waals surface area contributed by atoms with Crippen molar-refractivity contribution in [2.45, 2.75) is 65.3 Å². The summed E-state index contributed by atoms with van der Waals surface area (Å²) >= 11 is 1.46. The molecule has 2 aromatic rings. The fourth-order valence-electron chi connectivity index (χ4n) is 3.59. The minimum Gasteiger partial charge on any atom is -0.466 e. The van der Waals surface area contributed by atoms with Gasteiger partial charge in [0.05, 0.1) is 24.5 Å². The molecule has 0 saturated heterocycles. The third-order valence-corrected chi connectivity index (χ3v) is 6.14. The number of carbonyl (C=O) groups is 2. The normalized spacial score (nSPS) is 16.0. The van der Waals surface area contributed by atoms with E-state index in [9.17, 15) is 14.4 Å². The molecule has 1 aliphatic rings. The van der Waals surface area contributed by atoms with Gasteiger partial charge in [-0.25, -0.2) is 4.98 Å². The Morgan fingerprint density at radius 3 is 2.79 bits per heavy atom. The van der Waals surface area contributed by atoms with Gasteiger partial charge in [0.1, 0.15) is 17.2 Å². The minimum absolute atomic E-state index is 0.175. The quantitative estimate of drug-likeness (QED) is 0.519. The first kappa shape index (κ1) is 20.5. The summed E-state index contributed by atoms with van der Waals surface area (Å²) in [7, 11) is 0. The minimum atomic E-state index is -0.453. The Morgan fingerprint density at radius 1 is 1.29 bits per heavy atom. The summed E-state index contributed by atoms with van der Waals surface area (Å²) in [5, 5.41) is 0.449. The predicted molar refractivity (Wildman–Crippen MR) is 107 cm³/mol. The average molecular weight is 407 g/mol. The fourth-order valence-corrected chi connectivity index (χ4v) is 4.90. The van der Waals surface area contributed by atoms with E-state index in [1.54, 1.807) is 13.8 Å². The van der Waals surface area contributed by atoms with Gasteiger partial charge in [-0.2, -0.15) is 0 Å². The Balaban J connectivity index is 2.02. The average Bonchev–Trinajstić information content (AvgIpc) is 3.03. The van der Waals surface area contributed by atoms with Crippen molar-refractivity contribution in [3.05, 3.63) is 26.6 Å². The lowest BCUT2D eigenvalue weighted by atomic mass is 9.86. The van der Waals surface area contributed by atoms with Crippen LogP contribution >= 0.6 is 11.3 Å². The molecule has 1 atom stereocenters. The molecule has 2 aromatic heterocycles. The van der Waals surface area contributed by atoms with Crippen LogP contribution in [0, 0.1) is 6.92 Å². The second-order valence-electron chi connectivity index (χ2n) is 6.94. The number of ether oxygens (including phenoxy) is 2. The molecular weight excluding hydrogens is 380 g/mol. The van der Waals surface area contributed by atoms with Crippen LogP contribution in [0.2, 0.25) is 0 Å². The van der Waals surface area contributed by atoms with Gasteiger partial charge in [-0.3, -0.25) is 19.0 Å². The van der Waals surface area contributed by atoms with Crippen molar-refractivity contribution in [1.29, 1.82) is 0 Å². The molecule has 1 unspecified atom stereocenters. The lowest BCUT2D eigenvalue weighted by Gasteiger charge is -2.21. The van der Waals surface area contributed by atoms with Gasteiger partial charge in [-0.1, -0.05) is 13.3 Å². The number of rotatable bonds is 7. The van der Waals surface area contributed by atoms with Crippen molar-refractivity contribution in [2.24, 2.45) is 0 Å². The van der Waals surface area contributed by atoms with Gasteiger partial charge in [0.15, 0.2) is 0 Å². The summed E-state index contributed by atoms with van der Waals surface area (Å²) in [5.74, 6) is -0.727. The zero-order chi connectivity index (χ0) is 20.3. The first-order chi connectivity index (χ1) is 13.5. The van der Waals surface area contributed by atoms with Crippen molar-refractivity contribution in [3.8, 4) is 0 Å². The van der Waals surface area contributed by atoms with Gasteiger partial charge in [0.25, 0.3) is 5.56 Å². The van der Waals surface area contributed by atoms with E-state index in [1.807, 2.05) is 6.92 Å². The number of fused-ring (bicyclic) bond motifs is 3. The number of carbonyl (C=O) groups excluding carboxylic acids is 2. The Bertz CT molecular complexity index is 946. The monoisotopic (exact) mass is 406 g/mol. The topological polar surface area (TPSA) is 87.5 Å². The summed E-state index contributed by atoms with van der Waals surface area (Å²) in [4.78, 5) is 44.0. The van der Waals surface area contributed by atoms with Crippen LogP contribution in [0.15, 0.2) is 4.79 Å². The van der Waals surface area contributed by atoms with Gasteiger partial charge in [0, 0.05) is 4.88 Å². The fraction of sp³-hybridized carbons (Fsp3) is 0.600. The van der Waals surface area contributed by atoms with Crippen LogP contribution < -0.4 is 5.56 Å². The molecule has 0 radical (unpaired) electrons. The van der Waals surface area contributed by atoms with Crippen molar-refractivity contribution in [2.75, 3.05) is 13.2 Å². The van der Waals surface area contributed by atoms with Crippen LogP contribution in [0.4, 0.5) is 0 Å². The van der Waals surface area contributed by atoms with E-state index in [4.69, 9.17) is 9.47 Å². The van der Waals surface area contributed by atoms with E-state index >= 15 is 0 Å². The Morgan fingerprint density at radius 2 is 2.07 bits per heavy atom. The zero-order valence-electron chi connectivity index (χ0n) is 16.6. The molecule has 3 rings (SSSR count). The van der Waals surface area contributed by atoms with Crippen LogP contribution in [0.25, 0.3) is 10.2 Å². The molecule has 0 bridgehead atoms. The standard InChI is InChI=1S/C20H26N2O5S/c1-4-6-10-27-15(23)11-22-12(3)21-18-17(19(22)24)16-13(20(25)26-5-2)8-7-9-14(16)28-18/h13H,4-11H2,1-3H3. The maximum absolute atomic E-state index is 13.2. The maximum Gasteiger partial charge on any atom is 0.326 e. The smallest absolute Gasteiger partial charge is 0.326 e. The summed E-state index contributed by atoms with van der Waals surface area (Å²) in [5.41, 5.74) is 0.457. The third kappa shape index (κ3) is 3.97. The highest BCUT2D eigenvalue weighted by molar-refractivity contribution is 7.18. The van der Waals surface area contributed by atoms with Crippen LogP contribution in [0.5, 0.6) is 0 Å². The first-order valence-electron chi connectivity index (χ1n) is 9.82. The molecule has 2 heterocycles. The molecule has 0 spiro atoms. The zero-order valence-corrected chi connectivity index (χ0v) is 17.4. The molecule has 152 valence electrons. The first-order valence-corrected chi connectivity index (χ1v) is 10.6. The Hall–Kier alpha value is -2.22. The van der Waals surface area contributed by atoms with Gasteiger partial charge < -0.3 is 9.47 Å². The van der Waals surface area contributed by atoms with E-state index in [0.717, 1.165) is 36.1 Å². The second-order valence-corrected chi connectivity index (χ2v) is 8.02. The summed E-state index contributed by atoms with van der Waals surface area (Å²) in [6.07, 6.45) is 4.07. The highest BCUT2D eigenvalue weighted by Gasteiger charge is 2.33. The third-order valence-electron chi connectivity index (χ3n) is 4.98. The molecule has 0 aromatic carbocycles. The second kappa shape index (κ2) is 8.86. The lowest BCUT2D eigenvalue weighted by molar-refractivity contribution is -0.146.